The van der Waals surface area contributed by atoms with Gasteiger partial charge in [-0.3, -0.25) is 0 Å². The van der Waals surface area contributed by atoms with Crippen LogP contribution in [0.4, 0.5) is 5.69 Å². The van der Waals surface area contributed by atoms with Gasteiger partial charge in [0.1, 0.15) is 11.5 Å². The molecule has 0 saturated heterocycles. The van der Waals surface area contributed by atoms with Crippen LogP contribution in [0.25, 0.3) is 0 Å². The second-order valence-electron chi connectivity index (χ2n) is 3.83. The van der Waals surface area contributed by atoms with Crippen LogP contribution in [0.15, 0.2) is 18.2 Å². The van der Waals surface area contributed by atoms with Crippen LogP contribution in [0.5, 0.6) is 11.5 Å². The number of ether oxygens (including phenoxy) is 4. The van der Waals surface area contributed by atoms with Gasteiger partial charge in [-0.05, 0) is 0 Å². The summed E-state index contributed by atoms with van der Waals surface area (Å²) in [4.78, 5) is 11.3. The molecule has 0 bridgehead atoms. The lowest BCUT2D eigenvalue weighted by atomic mass is 10.2. The summed E-state index contributed by atoms with van der Waals surface area (Å²) in [6.07, 6.45) is -0.242. The highest BCUT2D eigenvalue weighted by Crippen LogP contribution is 2.24. The summed E-state index contributed by atoms with van der Waals surface area (Å²) in [6.45, 7) is 0.306. The van der Waals surface area contributed by atoms with E-state index in [1.54, 1.807) is 25.3 Å². The minimum absolute atomic E-state index is 0.306. The number of carbonyl (C=O) groups excluding carboxylic acids is 1. The Bertz CT molecular complexity index is 421. The van der Waals surface area contributed by atoms with E-state index in [9.17, 15) is 4.79 Å². The predicted molar refractivity (Wildman–Crippen MR) is 70.3 cm³/mol. The van der Waals surface area contributed by atoms with Gasteiger partial charge in [0.2, 0.25) is 0 Å². The van der Waals surface area contributed by atoms with Gasteiger partial charge in [-0.25, -0.2) is 4.79 Å². The van der Waals surface area contributed by atoms with E-state index in [-0.39, 0.29) is 0 Å². The zero-order valence-corrected chi connectivity index (χ0v) is 11.3. The van der Waals surface area contributed by atoms with E-state index < -0.39 is 12.1 Å². The van der Waals surface area contributed by atoms with Crippen LogP contribution in [0.2, 0.25) is 0 Å². The number of nitrogen functional groups attached to an aromatic ring is 1. The van der Waals surface area contributed by atoms with Crippen LogP contribution >= 0.6 is 0 Å². The summed E-state index contributed by atoms with van der Waals surface area (Å²) in [5.41, 5.74) is 6.25. The fourth-order valence-corrected chi connectivity index (χ4v) is 1.54. The van der Waals surface area contributed by atoms with E-state index in [4.69, 9.17) is 19.9 Å². The molecule has 2 N–H and O–H groups in total. The van der Waals surface area contributed by atoms with Gasteiger partial charge in [-0.1, -0.05) is 0 Å². The van der Waals surface area contributed by atoms with Gasteiger partial charge in [-0.2, -0.15) is 0 Å². The number of hydrogen-bond donors (Lipinski definition) is 1. The van der Waals surface area contributed by atoms with Crippen LogP contribution in [-0.4, -0.2) is 40.0 Å². The predicted octanol–water partition coefficient (Wildman–Crippen LogP) is 1.23. The number of carbonyl (C=O) groups is 1. The standard InChI is InChI=1S/C13H19NO5/c1-16-10-6-9(14)7-11(8-10)19-5-4-12(17-2)13(15)18-3/h6-8,12H,4-5,14H2,1-3H3/t12-/m0/s1. The van der Waals surface area contributed by atoms with Gasteiger partial charge < -0.3 is 24.7 Å². The van der Waals surface area contributed by atoms with Crippen molar-refractivity contribution in [3.05, 3.63) is 18.2 Å². The Balaban J connectivity index is 2.52. The van der Waals surface area contributed by atoms with Gasteiger partial charge in [0, 0.05) is 37.4 Å². The fraction of sp³-hybridized carbons (Fsp3) is 0.462. The molecular formula is C13H19NO5. The lowest BCUT2D eigenvalue weighted by Gasteiger charge is -2.14. The maximum atomic E-state index is 11.3. The molecule has 0 aromatic heterocycles. The van der Waals surface area contributed by atoms with Crippen LogP contribution in [0.1, 0.15) is 6.42 Å². The van der Waals surface area contributed by atoms with Crippen molar-refractivity contribution in [3.8, 4) is 11.5 Å². The van der Waals surface area contributed by atoms with Gasteiger partial charge >= 0.3 is 5.97 Å². The molecule has 6 heteroatoms. The van der Waals surface area contributed by atoms with E-state index in [0.29, 0.717) is 30.2 Å². The number of esters is 1. The minimum atomic E-state index is -0.632. The molecule has 106 valence electrons. The summed E-state index contributed by atoms with van der Waals surface area (Å²) >= 11 is 0. The minimum Gasteiger partial charge on any atom is -0.497 e. The van der Waals surface area contributed by atoms with Crippen molar-refractivity contribution in [2.45, 2.75) is 12.5 Å². The van der Waals surface area contributed by atoms with Crippen molar-refractivity contribution >= 4 is 11.7 Å². The number of anilines is 1. The zero-order valence-electron chi connectivity index (χ0n) is 11.3. The molecule has 6 nitrogen and oxygen atoms in total. The van der Waals surface area contributed by atoms with Crippen LogP contribution in [0.3, 0.4) is 0 Å². The Hall–Kier alpha value is -1.95. The quantitative estimate of drug-likeness (QED) is 0.592. The molecule has 1 rings (SSSR count). The summed E-state index contributed by atoms with van der Waals surface area (Å²) in [5, 5.41) is 0. The Kier molecular flexibility index (Phi) is 5.95. The molecule has 1 aromatic carbocycles. The van der Waals surface area contributed by atoms with Crippen molar-refractivity contribution < 1.29 is 23.7 Å². The number of nitrogens with two attached hydrogens (primary N) is 1. The average Bonchev–Trinajstić information content (AvgIpc) is 2.42. The molecule has 0 radical (unpaired) electrons. The lowest BCUT2D eigenvalue weighted by molar-refractivity contribution is -0.153. The molecule has 1 atom stereocenters. The average molecular weight is 269 g/mol. The fourth-order valence-electron chi connectivity index (χ4n) is 1.54. The highest BCUT2D eigenvalue weighted by Gasteiger charge is 2.18. The third kappa shape index (κ3) is 4.67. The van der Waals surface area contributed by atoms with Crippen molar-refractivity contribution in [1.29, 1.82) is 0 Å². The molecule has 1 aromatic rings. The monoisotopic (exact) mass is 269 g/mol. The Labute approximate surface area is 112 Å². The van der Waals surface area contributed by atoms with Gasteiger partial charge in [-0.15, -0.1) is 0 Å². The first-order valence-corrected chi connectivity index (χ1v) is 5.78. The first-order chi connectivity index (χ1) is 9.10. The summed E-state index contributed by atoms with van der Waals surface area (Å²) < 4.78 is 20.2. The van der Waals surface area contributed by atoms with Crippen LogP contribution in [0, 0.1) is 0 Å². The largest absolute Gasteiger partial charge is 0.497 e. The van der Waals surface area contributed by atoms with Crippen molar-refractivity contribution in [2.24, 2.45) is 0 Å². The first kappa shape index (κ1) is 15.1. The van der Waals surface area contributed by atoms with Gasteiger partial charge in [0.25, 0.3) is 0 Å². The molecule has 0 heterocycles. The van der Waals surface area contributed by atoms with Gasteiger partial charge in [0.05, 0.1) is 20.8 Å². The Morgan fingerprint density at radius 3 is 2.47 bits per heavy atom. The maximum Gasteiger partial charge on any atom is 0.335 e. The zero-order chi connectivity index (χ0) is 14.3. The van der Waals surface area contributed by atoms with E-state index in [0.717, 1.165) is 0 Å². The van der Waals surface area contributed by atoms with Crippen molar-refractivity contribution in [3.63, 3.8) is 0 Å². The number of hydrogen-bond acceptors (Lipinski definition) is 6. The van der Waals surface area contributed by atoms with Gasteiger partial charge in [0.15, 0.2) is 6.10 Å². The number of rotatable bonds is 7. The van der Waals surface area contributed by atoms with E-state index >= 15 is 0 Å². The summed E-state index contributed by atoms with van der Waals surface area (Å²) in [6, 6.07) is 5.10. The lowest BCUT2D eigenvalue weighted by Crippen LogP contribution is -2.26. The molecule has 0 amide bonds. The smallest absolute Gasteiger partial charge is 0.335 e. The second kappa shape index (κ2) is 7.48. The molecule has 19 heavy (non-hydrogen) atoms. The summed E-state index contributed by atoms with van der Waals surface area (Å²) in [5.74, 6) is 0.777. The third-order valence-corrected chi connectivity index (χ3v) is 2.54. The van der Waals surface area contributed by atoms with Crippen molar-refractivity contribution in [2.75, 3.05) is 33.7 Å². The molecule has 0 aliphatic carbocycles. The normalized spacial score (nSPS) is 11.7. The van der Waals surface area contributed by atoms with E-state index in [1.165, 1.54) is 14.2 Å². The SMILES string of the molecule is COC(=O)[C@H](CCOc1cc(N)cc(OC)c1)OC. The molecule has 0 aliphatic heterocycles. The second-order valence-corrected chi connectivity index (χ2v) is 3.83. The molecule has 0 spiro atoms. The highest BCUT2D eigenvalue weighted by atomic mass is 16.6. The first-order valence-electron chi connectivity index (χ1n) is 5.78. The van der Waals surface area contributed by atoms with E-state index in [2.05, 4.69) is 4.74 Å². The highest BCUT2D eigenvalue weighted by molar-refractivity contribution is 5.74. The number of methoxy groups -OCH3 is 3. The molecule has 0 aliphatic rings. The third-order valence-electron chi connectivity index (χ3n) is 2.54. The van der Waals surface area contributed by atoms with Crippen molar-refractivity contribution in [1.82, 2.24) is 0 Å². The Morgan fingerprint density at radius 1 is 1.21 bits per heavy atom. The molecule has 0 fully saturated rings. The molecular weight excluding hydrogens is 250 g/mol. The number of benzene rings is 1. The topological polar surface area (TPSA) is 80.0 Å². The maximum absolute atomic E-state index is 11.3. The van der Waals surface area contributed by atoms with E-state index in [1.807, 2.05) is 0 Å². The molecule has 0 unspecified atom stereocenters. The Morgan fingerprint density at radius 2 is 1.89 bits per heavy atom. The summed E-state index contributed by atoms with van der Waals surface area (Å²) in [7, 11) is 4.32. The van der Waals surface area contributed by atoms with Crippen LogP contribution in [-0.2, 0) is 14.3 Å². The molecule has 0 saturated carbocycles. The van der Waals surface area contributed by atoms with Crippen LogP contribution < -0.4 is 15.2 Å².